The molecule has 1 fully saturated rings. The van der Waals surface area contributed by atoms with Crippen molar-refractivity contribution < 1.29 is 4.79 Å². The van der Waals surface area contributed by atoms with Gasteiger partial charge in [0.05, 0.1) is 17.1 Å². The number of carbonyl (C=O) groups is 1. The molecule has 8 heteroatoms. The lowest BCUT2D eigenvalue weighted by atomic mass is 10.1. The van der Waals surface area contributed by atoms with Crippen molar-refractivity contribution in [2.45, 2.75) is 32.4 Å². The molecule has 5 nitrogen and oxygen atoms in total. The predicted molar refractivity (Wildman–Crippen MR) is 114 cm³/mol. The maximum Gasteiger partial charge on any atom is 0.261 e. The molecule has 0 saturated carbocycles. The molecule has 3 aromatic rings. The van der Waals surface area contributed by atoms with Crippen LogP contribution in [0.25, 0.3) is 10.2 Å². The topological polar surface area (TPSA) is 59.0 Å². The summed E-state index contributed by atoms with van der Waals surface area (Å²) in [5.41, 5.74) is 1.95. The van der Waals surface area contributed by atoms with E-state index in [1.165, 1.54) is 11.3 Å². The summed E-state index contributed by atoms with van der Waals surface area (Å²) in [6, 6.07) is 9.95. The second-order valence-corrected chi connectivity index (χ2v) is 8.12. The van der Waals surface area contributed by atoms with Crippen LogP contribution in [0.3, 0.4) is 0 Å². The van der Waals surface area contributed by atoms with E-state index in [4.69, 9.17) is 11.6 Å². The highest BCUT2D eigenvalue weighted by Gasteiger charge is 2.20. The summed E-state index contributed by atoms with van der Waals surface area (Å²) in [7, 11) is 0. The van der Waals surface area contributed by atoms with Gasteiger partial charge in [0.15, 0.2) is 0 Å². The van der Waals surface area contributed by atoms with Crippen molar-refractivity contribution in [2.75, 3.05) is 13.1 Å². The number of benzene rings is 1. The number of fused-ring (bicyclic) bond motifs is 1. The predicted octanol–water partition coefficient (Wildman–Crippen LogP) is 4.01. The highest BCUT2D eigenvalue weighted by atomic mass is 35.5. The van der Waals surface area contributed by atoms with Gasteiger partial charge in [0.25, 0.3) is 5.91 Å². The van der Waals surface area contributed by atoms with Crippen molar-refractivity contribution in [3.8, 4) is 0 Å². The lowest BCUT2D eigenvalue weighted by molar-refractivity contribution is 0.0935. The van der Waals surface area contributed by atoms with Gasteiger partial charge in [-0.25, -0.2) is 0 Å². The molecule has 1 aromatic carbocycles. The van der Waals surface area contributed by atoms with Crippen molar-refractivity contribution in [2.24, 2.45) is 0 Å². The number of aryl methyl sites for hydroxylation is 1. The number of hydrogen-bond donors (Lipinski definition) is 2. The largest absolute Gasteiger partial charge is 0.347 e. The van der Waals surface area contributed by atoms with E-state index in [1.807, 2.05) is 41.9 Å². The summed E-state index contributed by atoms with van der Waals surface area (Å²) in [5.74, 6) is 0.00333. The number of aromatic nitrogens is 2. The summed E-state index contributed by atoms with van der Waals surface area (Å²) in [6.45, 7) is 4.45. The third-order valence-corrected chi connectivity index (χ3v) is 6.26. The van der Waals surface area contributed by atoms with Gasteiger partial charge in [0.2, 0.25) is 0 Å². The molecule has 1 saturated heterocycles. The molecule has 3 heterocycles. The highest BCUT2D eigenvalue weighted by Crippen LogP contribution is 2.29. The number of nitrogens with one attached hydrogen (secondary N) is 2. The van der Waals surface area contributed by atoms with E-state index in [1.54, 1.807) is 0 Å². The molecule has 1 amide bonds. The molecule has 1 atom stereocenters. The Morgan fingerprint density at radius 3 is 3.00 bits per heavy atom. The van der Waals surface area contributed by atoms with Crippen LogP contribution in [0.15, 0.2) is 30.3 Å². The Labute approximate surface area is 173 Å². The minimum atomic E-state index is 0. The summed E-state index contributed by atoms with van der Waals surface area (Å²) in [6.07, 6.45) is 2.13. The summed E-state index contributed by atoms with van der Waals surface area (Å²) in [5, 5.41) is 12.9. The van der Waals surface area contributed by atoms with Gasteiger partial charge in [0, 0.05) is 23.0 Å². The molecule has 0 aliphatic carbocycles. The van der Waals surface area contributed by atoms with E-state index in [2.05, 4.69) is 15.7 Å². The molecular weight excluding hydrogens is 403 g/mol. The average molecular weight is 425 g/mol. The second kappa shape index (κ2) is 8.61. The Hall–Kier alpha value is -1.60. The van der Waals surface area contributed by atoms with Gasteiger partial charge in [-0.1, -0.05) is 29.8 Å². The van der Waals surface area contributed by atoms with E-state index in [0.29, 0.717) is 6.54 Å². The van der Waals surface area contributed by atoms with Crippen molar-refractivity contribution in [3.63, 3.8) is 0 Å². The van der Waals surface area contributed by atoms with Gasteiger partial charge in [0.1, 0.15) is 4.83 Å². The van der Waals surface area contributed by atoms with Crippen molar-refractivity contribution in [1.82, 2.24) is 20.4 Å². The first kappa shape index (κ1) is 20.1. The Kier molecular flexibility index (Phi) is 6.42. The first-order valence-corrected chi connectivity index (χ1v) is 10.0. The van der Waals surface area contributed by atoms with Gasteiger partial charge >= 0.3 is 0 Å². The third-order valence-electron chi connectivity index (χ3n) is 4.74. The monoisotopic (exact) mass is 424 g/mol. The summed E-state index contributed by atoms with van der Waals surface area (Å²) < 4.78 is 1.94. The first-order valence-electron chi connectivity index (χ1n) is 8.84. The van der Waals surface area contributed by atoms with Gasteiger partial charge in [-0.15, -0.1) is 23.7 Å². The van der Waals surface area contributed by atoms with Crippen LogP contribution >= 0.6 is 35.3 Å². The standard InChI is InChI=1S/C19H21ClN4OS.ClH/c1-12-15-9-17(18(25)22-14-6-4-8-21-10-14)26-19(15)24(23-12)11-13-5-2-3-7-16(13)20;/h2-3,5,7,9,14,21H,4,6,8,10-11H2,1H3,(H,22,25);1H/t14-;/m0./s1. The number of thiophene rings is 1. The number of rotatable bonds is 4. The normalized spacial score (nSPS) is 16.9. The number of amides is 1. The van der Waals surface area contributed by atoms with Crippen LogP contribution in [-0.4, -0.2) is 34.8 Å². The van der Waals surface area contributed by atoms with Crippen LogP contribution in [0, 0.1) is 6.92 Å². The van der Waals surface area contributed by atoms with Crippen LogP contribution in [0.5, 0.6) is 0 Å². The van der Waals surface area contributed by atoms with E-state index in [0.717, 1.165) is 57.3 Å². The van der Waals surface area contributed by atoms with E-state index < -0.39 is 0 Å². The molecule has 0 bridgehead atoms. The van der Waals surface area contributed by atoms with Gasteiger partial charge < -0.3 is 10.6 Å². The maximum atomic E-state index is 12.6. The molecular formula is C19H22Cl2N4OS. The van der Waals surface area contributed by atoms with Gasteiger partial charge in [-0.05, 0) is 44.0 Å². The Morgan fingerprint density at radius 1 is 1.44 bits per heavy atom. The maximum absolute atomic E-state index is 12.6. The van der Waals surface area contributed by atoms with E-state index in [-0.39, 0.29) is 24.4 Å². The summed E-state index contributed by atoms with van der Waals surface area (Å²) >= 11 is 7.78. The van der Waals surface area contributed by atoms with E-state index >= 15 is 0 Å². The first-order chi connectivity index (χ1) is 12.6. The minimum Gasteiger partial charge on any atom is -0.347 e. The zero-order valence-electron chi connectivity index (χ0n) is 15.0. The van der Waals surface area contributed by atoms with Crippen LogP contribution < -0.4 is 10.6 Å². The van der Waals surface area contributed by atoms with Crippen molar-refractivity contribution in [3.05, 3.63) is 51.5 Å². The number of carbonyl (C=O) groups excluding carboxylic acids is 1. The summed E-state index contributed by atoms with van der Waals surface area (Å²) in [4.78, 5) is 14.4. The number of halogens is 2. The smallest absolute Gasteiger partial charge is 0.261 e. The molecule has 0 radical (unpaired) electrons. The molecule has 0 spiro atoms. The lowest BCUT2D eigenvalue weighted by Crippen LogP contribution is -2.45. The fourth-order valence-electron chi connectivity index (χ4n) is 3.35. The minimum absolute atomic E-state index is 0. The number of nitrogens with zero attached hydrogens (tertiary/aromatic N) is 2. The Balaban J connectivity index is 0.00000210. The zero-order chi connectivity index (χ0) is 18.1. The molecule has 4 rings (SSSR count). The molecule has 2 aromatic heterocycles. The van der Waals surface area contributed by atoms with Crippen LogP contribution in [0.1, 0.15) is 33.8 Å². The molecule has 2 N–H and O–H groups in total. The van der Waals surface area contributed by atoms with Crippen molar-refractivity contribution >= 4 is 51.5 Å². The molecule has 144 valence electrons. The van der Waals surface area contributed by atoms with Crippen LogP contribution in [-0.2, 0) is 6.54 Å². The van der Waals surface area contributed by atoms with Gasteiger partial charge in [-0.3, -0.25) is 9.48 Å². The van der Waals surface area contributed by atoms with Crippen molar-refractivity contribution in [1.29, 1.82) is 0 Å². The molecule has 0 unspecified atom stereocenters. The fraction of sp³-hybridized carbons (Fsp3) is 0.368. The van der Waals surface area contributed by atoms with E-state index in [9.17, 15) is 4.79 Å². The van der Waals surface area contributed by atoms with Crippen LogP contribution in [0.2, 0.25) is 5.02 Å². The van der Waals surface area contributed by atoms with Gasteiger partial charge in [-0.2, -0.15) is 5.10 Å². The molecule has 1 aliphatic rings. The van der Waals surface area contributed by atoms with Crippen LogP contribution in [0.4, 0.5) is 0 Å². The SMILES string of the molecule is Cc1nn(Cc2ccccc2Cl)c2sc(C(=O)N[C@H]3CCCNC3)cc12.Cl. The molecule has 27 heavy (non-hydrogen) atoms. The number of piperidine rings is 1. The number of hydrogen-bond acceptors (Lipinski definition) is 4. The molecule has 1 aliphatic heterocycles. The quantitative estimate of drug-likeness (QED) is 0.664. The zero-order valence-corrected chi connectivity index (χ0v) is 17.4. The fourth-order valence-corrected chi connectivity index (χ4v) is 4.61. The highest BCUT2D eigenvalue weighted by molar-refractivity contribution is 7.20. The third kappa shape index (κ3) is 4.29. The lowest BCUT2D eigenvalue weighted by Gasteiger charge is -2.23. The Morgan fingerprint density at radius 2 is 2.26 bits per heavy atom. The Bertz CT molecular complexity index is 946. The average Bonchev–Trinajstić information content (AvgIpc) is 3.20. The second-order valence-electron chi connectivity index (χ2n) is 6.68.